The van der Waals surface area contributed by atoms with Crippen molar-refractivity contribution in [3.63, 3.8) is 0 Å². The summed E-state index contributed by atoms with van der Waals surface area (Å²) in [5.74, 6) is -1.52. The summed E-state index contributed by atoms with van der Waals surface area (Å²) in [6.07, 6.45) is 0. The van der Waals surface area contributed by atoms with Crippen molar-refractivity contribution in [1.29, 1.82) is 5.26 Å². The van der Waals surface area contributed by atoms with Gasteiger partial charge in [-0.1, -0.05) is 6.07 Å². The van der Waals surface area contributed by atoms with Gasteiger partial charge in [0.25, 0.3) is 5.69 Å². The number of carbonyl (C=O) groups excluding carboxylic acids is 2. The predicted molar refractivity (Wildman–Crippen MR) is 81.9 cm³/mol. The number of hydrogen-bond donors (Lipinski definition) is 1. The molecule has 0 aromatic heterocycles. The SMILES string of the molecule is N#Cc1cccc(C(=O)OCc2ccc(C(N)=O)cc2[N+](=O)[O-])c1. The van der Waals surface area contributed by atoms with E-state index in [0.717, 1.165) is 6.07 Å². The Morgan fingerprint density at radius 3 is 2.58 bits per heavy atom. The molecule has 8 heteroatoms. The number of hydrogen-bond acceptors (Lipinski definition) is 6. The third-order valence-corrected chi connectivity index (χ3v) is 3.15. The van der Waals surface area contributed by atoms with Gasteiger partial charge in [-0.05, 0) is 30.3 Å². The Hall–Kier alpha value is -3.73. The molecule has 2 N–H and O–H groups in total. The van der Waals surface area contributed by atoms with Crippen molar-refractivity contribution < 1.29 is 19.2 Å². The first-order valence-corrected chi connectivity index (χ1v) is 6.67. The highest BCUT2D eigenvalue weighted by Crippen LogP contribution is 2.21. The van der Waals surface area contributed by atoms with Gasteiger partial charge in [-0.15, -0.1) is 0 Å². The lowest BCUT2D eigenvalue weighted by Crippen LogP contribution is -2.12. The van der Waals surface area contributed by atoms with Crippen molar-refractivity contribution in [3.05, 3.63) is 74.8 Å². The third kappa shape index (κ3) is 3.72. The summed E-state index contributed by atoms with van der Waals surface area (Å²) in [6, 6.07) is 11.4. The van der Waals surface area contributed by atoms with E-state index in [1.807, 2.05) is 6.07 Å². The number of amides is 1. The minimum atomic E-state index is -0.796. The fraction of sp³-hybridized carbons (Fsp3) is 0.0625. The monoisotopic (exact) mass is 325 g/mol. The number of rotatable bonds is 5. The summed E-state index contributed by atoms with van der Waals surface area (Å²) in [6.45, 7) is -0.356. The van der Waals surface area contributed by atoms with Gasteiger partial charge in [-0.2, -0.15) is 5.26 Å². The first-order valence-electron chi connectivity index (χ1n) is 6.67. The summed E-state index contributed by atoms with van der Waals surface area (Å²) >= 11 is 0. The zero-order valence-corrected chi connectivity index (χ0v) is 12.3. The van der Waals surface area contributed by atoms with Crippen LogP contribution in [0.25, 0.3) is 0 Å². The third-order valence-electron chi connectivity index (χ3n) is 3.15. The Morgan fingerprint density at radius 2 is 1.96 bits per heavy atom. The van der Waals surface area contributed by atoms with Gasteiger partial charge in [0, 0.05) is 11.6 Å². The number of nitrogens with two attached hydrogens (primary N) is 1. The lowest BCUT2D eigenvalue weighted by atomic mass is 10.1. The average Bonchev–Trinajstić information content (AvgIpc) is 2.59. The first kappa shape index (κ1) is 16.6. The number of nitro benzene ring substituents is 1. The number of primary amides is 1. The van der Waals surface area contributed by atoms with Crippen LogP contribution in [-0.2, 0) is 11.3 Å². The minimum Gasteiger partial charge on any atom is -0.457 e. The number of nitrogens with zero attached hydrogens (tertiary/aromatic N) is 2. The van der Waals surface area contributed by atoms with Crippen molar-refractivity contribution >= 4 is 17.6 Å². The van der Waals surface area contributed by atoms with E-state index in [-0.39, 0.29) is 29.0 Å². The molecule has 0 spiro atoms. The van der Waals surface area contributed by atoms with E-state index in [1.165, 1.54) is 36.4 Å². The molecule has 120 valence electrons. The molecule has 0 atom stereocenters. The standard InChI is InChI=1S/C16H11N3O5/c17-8-10-2-1-3-12(6-10)16(21)24-9-13-5-4-11(15(18)20)7-14(13)19(22)23/h1-7H,9H2,(H2,18,20). The van der Waals surface area contributed by atoms with Gasteiger partial charge in [0.05, 0.1) is 27.7 Å². The lowest BCUT2D eigenvalue weighted by molar-refractivity contribution is -0.385. The van der Waals surface area contributed by atoms with Crippen LogP contribution in [0.2, 0.25) is 0 Å². The van der Waals surface area contributed by atoms with E-state index < -0.39 is 16.8 Å². The normalized spacial score (nSPS) is 9.79. The molecule has 0 saturated heterocycles. The van der Waals surface area contributed by atoms with E-state index in [0.29, 0.717) is 5.56 Å². The molecule has 24 heavy (non-hydrogen) atoms. The highest BCUT2D eigenvalue weighted by atomic mass is 16.6. The number of nitriles is 1. The number of carbonyl (C=O) groups is 2. The van der Waals surface area contributed by atoms with Crippen LogP contribution < -0.4 is 5.73 Å². The summed E-state index contributed by atoms with van der Waals surface area (Å²) in [5, 5.41) is 19.9. The Kier molecular flexibility index (Phi) is 4.87. The van der Waals surface area contributed by atoms with Gasteiger partial charge in [0.2, 0.25) is 5.91 Å². The Labute approximate surface area is 136 Å². The molecule has 0 saturated carbocycles. The van der Waals surface area contributed by atoms with Gasteiger partial charge in [0.15, 0.2) is 0 Å². The first-order chi connectivity index (χ1) is 11.4. The second kappa shape index (κ2) is 7.02. The van der Waals surface area contributed by atoms with Gasteiger partial charge in [-0.3, -0.25) is 14.9 Å². The topological polar surface area (TPSA) is 136 Å². The van der Waals surface area contributed by atoms with Crippen molar-refractivity contribution in [2.45, 2.75) is 6.61 Å². The van der Waals surface area contributed by atoms with E-state index >= 15 is 0 Å². The van der Waals surface area contributed by atoms with Gasteiger partial charge >= 0.3 is 5.97 Å². The Morgan fingerprint density at radius 1 is 1.21 bits per heavy atom. The molecule has 2 aromatic rings. The van der Waals surface area contributed by atoms with Gasteiger partial charge in [0.1, 0.15) is 6.61 Å². The molecule has 1 amide bonds. The fourth-order valence-electron chi connectivity index (χ4n) is 1.95. The molecule has 0 fully saturated rings. The maximum absolute atomic E-state index is 12.0. The highest BCUT2D eigenvalue weighted by Gasteiger charge is 2.18. The number of benzene rings is 2. The molecule has 0 aliphatic carbocycles. The summed E-state index contributed by atoms with van der Waals surface area (Å²) in [7, 11) is 0. The molecule has 0 aliphatic rings. The van der Waals surface area contributed by atoms with Crippen LogP contribution >= 0.6 is 0 Å². The van der Waals surface area contributed by atoms with Crippen LogP contribution in [0.1, 0.15) is 31.8 Å². The zero-order chi connectivity index (χ0) is 17.7. The predicted octanol–water partition coefficient (Wildman–Crippen LogP) is 1.92. The van der Waals surface area contributed by atoms with Crippen LogP contribution in [-0.4, -0.2) is 16.8 Å². The fourth-order valence-corrected chi connectivity index (χ4v) is 1.95. The largest absolute Gasteiger partial charge is 0.457 e. The number of ether oxygens (including phenoxy) is 1. The minimum absolute atomic E-state index is 0.0153. The molecule has 8 nitrogen and oxygen atoms in total. The van der Waals surface area contributed by atoms with E-state index in [2.05, 4.69) is 0 Å². The second-order valence-corrected chi connectivity index (χ2v) is 4.73. The molecule has 2 aromatic carbocycles. The van der Waals surface area contributed by atoms with Crippen LogP contribution in [0.4, 0.5) is 5.69 Å². The Bertz CT molecular complexity index is 870. The molecule has 0 heterocycles. The van der Waals surface area contributed by atoms with E-state index in [9.17, 15) is 19.7 Å². The Balaban J connectivity index is 2.19. The molecule has 0 radical (unpaired) electrons. The molecule has 0 unspecified atom stereocenters. The van der Waals surface area contributed by atoms with E-state index in [4.69, 9.17) is 15.7 Å². The zero-order valence-electron chi connectivity index (χ0n) is 12.3. The van der Waals surface area contributed by atoms with Crippen molar-refractivity contribution in [2.24, 2.45) is 5.73 Å². The smallest absolute Gasteiger partial charge is 0.338 e. The molecular formula is C16H11N3O5. The van der Waals surface area contributed by atoms with Crippen LogP contribution in [0.5, 0.6) is 0 Å². The van der Waals surface area contributed by atoms with Crippen LogP contribution in [0, 0.1) is 21.4 Å². The summed E-state index contributed by atoms with van der Waals surface area (Å²) in [4.78, 5) is 33.4. The molecule has 0 aliphatic heterocycles. The molecule has 2 rings (SSSR count). The quantitative estimate of drug-likeness (QED) is 0.506. The van der Waals surface area contributed by atoms with E-state index in [1.54, 1.807) is 0 Å². The highest BCUT2D eigenvalue weighted by molar-refractivity contribution is 5.93. The molecule has 0 bridgehead atoms. The summed E-state index contributed by atoms with van der Waals surface area (Å²) < 4.78 is 5.04. The van der Waals surface area contributed by atoms with Gasteiger partial charge < -0.3 is 10.5 Å². The average molecular weight is 325 g/mol. The van der Waals surface area contributed by atoms with Crippen LogP contribution in [0.15, 0.2) is 42.5 Å². The number of esters is 1. The maximum atomic E-state index is 12.0. The van der Waals surface area contributed by atoms with Gasteiger partial charge in [-0.25, -0.2) is 4.79 Å². The maximum Gasteiger partial charge on any atom is 0.338 e. The van der Waals surface area contributed by atoms with Crippen molar-refractivity contribution in [2.75, 3.05) is 0 Å². The summed E-state index contributed by atoms with van der Waals surface area (Å²) in [5.41, 5.74) is 5.27. The second-order valence-electron chi connectivity index (χ2n) is 4.73. The van der Waals surface area contributed by atoms with Crippen molar-refractivity contribution in [1.82, 2.24) is 0 Å². The lowest BCUT2D eigenvalue weighted by Gasteiger charge is -2.07. The van der Waals surface area contributed by atoms with Crippen molar-refractivity contribution in [3.8, 4) is 6.07 Å². The number of nitro groups is 1. The molecular weight excluding hydrogens is 314 g/mol. The van der Waals surface area contributed by atoms with Crippen LogP contribution in [0.3, 0.4) is 0 Å².